The molecular weight excluding hydrogens is 231 g/mol. The number of halogens is 1. The van der Waals surface area contributed by atoms with Gasteiger partial charge in [0.05, 0.1) is 6.61 Å². The van der Waals surface area contributed by atoms with E-state index in [0.29, 0.717) is 13.2 Å². The van der Waals surface area contributed by atoms with Crippen LogP contribution in [0.15, 0.2) is 18.2 Å². The molecule has 1 rings (SSSR count). The average Bonchev–Trinajstić information content (AvgIpc) is 2.38. The predicted molar refractivity (Wildman–Crippen MR) is 73.5 cm³/mol. The summed E-state index contributed by atoms with van der Waals surface area (Å²) in [6, 6.07) is 4.97. The summed E-state index contributed by atoms with van der Waals surface area (Å²) in [6.45, 7) is 8.07. The van der Waals surface area contributed by atoms with Gasteiger partial charge in [0.15, 0.2) is 0 Å². The summed E-state index contributed by atoms with van der Waals surface area (Å²) in [7, 11) is 1.69. The number of rotatable bonds is 8. The molecule has 0 heterocycles. The monoisotopic (exact) mass is 254 g/mol. The highest BCUT2D eigenvalue weighted by Gasteiger charge is 2.10. The fourth-order valence-electron chi connectivity index (χ4n) is 1.91. The number of benzene rings is 1. The summed E-state index contributed by atoms with van der Waals surface area (Å²) in [5.74, 6) is -0.186. The van der Waals surface area contributed by atoms with E-state index >= 15 is 0 Å². The van der Waals surface area contributed by atoms with Gasteiger partial charge in [-0.15, -0.1) is 0 Å². The molecule has 18 heavy (non-hydrogen) atoms. The highest BCUT2D eigenvalue weighted by atomic mass is 19.1. The summed E-state index contributed by atoms with van der Waals surface area (Å²) < 4.78 is 18.4. The van der Waals surface area contributed by atoms with Crippen molar-refractivity contribution in [3.63, 3.8) is 0 Å². The van der Waals surface area contributed by atoms with Crippen molar-refractivity contribution in [2.75, 3.05) is 38.3 Å². The Hall–Kier alpha value is -1.13. The molecule has 0 spiro atoms. The maximum Gasteiger partial charge on any atom is 0.123 e. The first-order valence-corrected chi connectivity index (χ1v) is 6.45. The Morgan fingerprint density at radius 3 is 2.72 bits per heavy atom. The van der Waals surface area contributed by atoms with E-state index < -0.39 is 0 Å². The van der Waals surface area contributed by atoms with E-state index in [2.05, 4.69) is 17.1 Å². The molecule has 0 atom stereocenters. The molecule has 0 unspecified atom stereocenters. The lowest BCUT2D eigenvalue weighted by Crippen LogP contribution is -2.28. The van der Waals surface area contributed by atoms with E-state index in [9.17, 15) is 4.39 Å². The van der Waals surface area contributed by atoms with Gasteiger partial charge in [0.2, 0.25) is 0 Å². The molecule has 0 radical (unpaired) electrons. The zero-order valence-corrected chi connectivity index (χ0v) is 11.5. The fraction of sp³-hybridized carbons (Fsp3) is 0.571. The molecule has 0 bridgehead atoms. The van der Waals surface area contributed by atoms with Crippen LogP contribution in [-0.2, 0) is 11.3 Å². The van der Waals surface area contributed by atoms with Crippen LogP contribution in [0.2, 0.25) is 0 Å². The second kappa shape index (κ2) is 8.06. The van der Waals surface area contributed by atoms with Gasteiger partial charge in [-0.05, 0) is 37.2 Å². The number of likely N-dealkylation sites (N-methyl/N-ethyl adjacent to an activating group) is 1. The molecule has 0 saturated carbocycles. The maximum atomic E-state index is 13.3. The minimum atomic E-state index is -0.186. The summed E-state index contributed by atoms with van der Waals surface area (Å²) in [6.07, 6.45) is 0. The maximum absolute atomic E-state index is 13.3. The van der Waals surface area contributed by atoms with Crippen LogP contribution in [0, 0.1) is 5.82 Å². The van der Waals surface area contributed by atoms with Crippen LogP contribution in [0.1, 0.15) is 19.4 Å². The molecule has 0 saturated heterocycles. The van der Waals surface area contributed by atoms with Crippen molar-refractivity contribution in [1.29, 1.82) is 0 Å². The molecule has 1 aromatic rings. The normalized spacial score (nSPS) is 10.7. The zero-order valence-electron chi connectivity index (χ0n) is 11.5. The van der Waals surface area contributed by atoms with Crippen LogP contribution in [-0.4, -0.2) is 33.4 Å². The van der Waals surface area contributed by atoms with Crippen molar-refractivity contribution in [2.24, 2.45) is 0 Å². The summed E-state index contributed by atoms with van der Waals surface area (Å²) >= 11 is 0. The third-order valence-corrected chi connectivity index (χ3v) is 2.89. The van der Waals surface area contributed by atoms with Crippen molar-refractivity contribution in [3.05, 3.63) is 29.6 Å². The van der Waals surface area contributed by atoms with Crippen molar-refractivity contribution < 1.29 is 9.13 Å². The second-order valence-electron chi connectivity index (χ2n) is 4.13. The molecule has 0 aliphatic heterocycles. The Morgan fingerprint density at radius 1 is 1.33 bits per heavy atom. The Bertz CT molecular complexity index is 358. The Labute approximate surface area is 109 Å². The molecule has 0 aromatic heterocycles. The first-order chi connectivity index (χ1) is 8.72. The van der Waals surface area contributed by atoms with Crippen LogP contribution in [0.4, 0.5) is 10.1 Å². The topological polar surface area (TPSA) is 24.5 Å². The summed E-state index contributed by atoms with van der Waals surface area (Å²) in [5.41, 5.74) is 2.08. The predicted octanol–water partition coefficient (Wildman–Crippen LogP) is 2.41. The van der Waals surface area contributed by atoms with E-state index in [1.807, 2.05) is 13.0 Å². The Kier molecular flexibility index (Phi) is 6.68. The van der Waals surface area contributed by atoms with Crippen LogP contribution >= 0.6 is 0 Å². The van der Waals surface area contributed by atoms with Crippen molar-refractivity contribution in [3.8, 4) is 0 Å². The van der Waals surface area contributed by atoms with Crippen LogP contribution in [0.25, 0.3) is 0 Å². The lowest BCUT2D eigenvalue weighted by molar-refractivity contribution is 0.205. The lowest BCUT2D eigenvalue weighted by Gasteiger charge is -2.25. The van der Waals surface area contributed by atoms with E-state index in [4.69, 9.17) is 4.74 Å². The van der Waals surface area contributed by atoms with Crippen LogP contribution < -0.4 is 10.2 Å². The van der Waals surface area contributed by atoms with E-state index in [0.717, 1.165) is 30.9 Å². The number of hydrogen-bond acceptors (Lipinski definition) is 3. The molecule has 1 N–H and O–H groups in total. The lowest BCUT2D eigenvalue weighted by atomic mass is 10.1. The largest absolute Gasteiger partial charge is 0.383 e. The summed E-state index contributed by atoms with van der Waals surface area (Å²) in [4.78, 5) is 2.20. The third-order valence-electron chi connectivity index (χ3n) is 2.89. The Morgan fingerprint density at radius 2 is 2.11 bits per heavy atom. The van der Waals surface area contributed by atoms with Gasteiger partial charge in [0, 0.05) is 32.4 Å². The van der Waals surface area contributed by atoms with Gasteiger partial charge >= 0.3 is 0 Å². The quantitative estimate of drug-likeness (QED) is 0.771. The number of anilines is 1. The summed E-state index contributed by atoms with van der Waals surface area (Å²) in [5, 5.41) is 3.24. The number of methoxy groups -OCH3 is 1. The molecule has 0 fully saturated rings. The Balaban J connectivity index is 2.89. The molecule has 0 aliphatic carbocycles. The third kappa shape index (κ3) is 4.27. The first kappa shape index (κ1) is 14.9. The highest BCUT2D eigenvalue weighted by molar-refractivity contribution is 5.53. The smallest absolute Gasteiger partial charge is 0.123 e. The van der Waals surface area contributed by atoms with E-state index in [1.165, 1.54) is 6.07 Å². The van der Waals surface area contributed by atoms with Gasteiger partial charge in [-0.25, -0.2) is 4.39 Å². The van der Waals surface area contributed by atoms with Gasteiger partial charge in [-0.1, -0.05) is 6.92 Å². The molecular formula is C14H23FN2O. The van der Waals surface area contributed by atoms with Gasteiger partial charge < -0.3 is 15.0 Å². The average molecular weight is 254 g/mol. The number of nitrogens with zero attached hydrogens (tertiary/aromatic N) is 1. The molecule has 0 aliphatic rings. The molecule has 4 heteroatoms. The van der Waals surface area contributed by atoms with Crippen molar-refractivity contribution >= 4 is 5.69 Å². The van der Waals surface area contributed by atoms with Gasteiger partial charge in [-0.2, -0.15) is 0 Å². The molecule has 1 aromatic carbocycles. The van der Waals surface area contributed by atoms with Crippen molar-refractivity contribution in [2.45, 2.75) is 20.4 Å². The number of ether oxygens (including phenoxy) is 1. The highest BCUT2D eigenvalue weighted by Crippen LogP contribution is 2.21. The van der Waals surface area contributed by atoms with E-state index in [-0.39, 0.29) is 5.82 Å². The van der Waals surface area contributed by atoms with Gasteiger partial charge in [0.25, 0.3) is 0 Å². The zero-order chi connectivity index (χ0) is 13.4. The van der Waals surface area contributed by atoms with Crippen molar-refractivity contribution in [1.82, 2.24) is 5.32 Å². The van der Waals surface area contributed by atoms with Gasteiger partial charge in [0.1, 0.15) is 5.82 Å². The fourth-order valence-corrected chi connectivity index (χ4v) is 1.91. The SMILES string of the molecule is CCNCc1cc(F)ccc1N(CC)CCOC. The minimum Gasteiger partial charge on any atom is -0.383 e. The minimum absolute atomic E-state index is 0.186. The molecule has 102 valence electrons. The van der Waals surface area contributed by atoms with E-state index in [1.54, 1.807) is 13.2 Å². The van der Waals surface area contributed by atoms with Crippen LogP contribution in [0.3, 0.4) is 0 Å². The van der Waals surface area contributed by atoms with Crippen LogP contribution in [0.5, 0.6) is 0 Å². The van der Waals surface area contributed by atoms with Gasteiger partial charge in [-0.3, -0.25) is 0 Å². The number of nitrogens with one attached hydrogen (secondary N) is 1. The number of hydrogen-bond donors (Lipinski definition) is 1. The molecule has 0 amide bonds. The first-order valence-electron chi connectivity index (χ1n) is 6.45. The second-order valence-corrected chi connectivity index (χ2v) is 4.13. The standard InChI is InChI=1S/C14H23FN2O/c1-4-16-11-12-10-13(15)6-7-14(12)17(5-2)8-9-18-3/h6-7,10,16H,4-5,8-9,11H2,1-3H3. The molecule has 3 nitrogen and oxygen atoms in total.